The Balaban J connectivity index is 1.45. The van der Waals surface area contributed by atoms with Gasteiger partial charge >= 0.3 is 0 Å². The van der Waals surface area contributed by atoms with Gasteiger partial charge in [0.05, 0.1) is 6.10 Å². The van der Waals surface area contributed by atoms with E-state index in [1.807, 2.05) is 0 Å². The molecule has 2 nitrogen and oxygen atoms in total. The summed E-state index contributed by atoms with van der Waals surface area (Å²) in [5, 5.41) is 9.83. The van der Waals surface area contributed by atoms with Crippen molar-refractivity contribution in [3.63, 3.8) is 0 Å². The van der Waals surface area contributed by atoms with Crippen molar-refractivity contribution < 1.29 is 9.84 Å². The molecule has 1 aliphatic carbocycles. The van der Waals surface area contributed by atoms with Gasteiger partial charge in [-0.15, -0.1) is 0 Å². The Morgan fingerprint density at radius 3 is 3.00 bits per heavy atom. The first kappa shape index (κ1) is 12.0. The molecule has 3 rings (SSSR count). The third-order valence-electron chi connectivity index (χ3n) is 4.15. The molecule has 0 radical (unpaired) electrons. The van der Waals surface area contributed by atoms with Gasteiger partial charge in [-0.2, -0.15) is 0 Å². The van der Waals surface area contributed by atoms with Crippen molar-refractivity contribution in [1.82, 2.24) is 0 Å². The predicted molar refractivity (Wildman–Crippen MR) is 71.9 cm³/mol. The van der Waals surface area contributed by atoms with Gasteiger partial charge in [0.2, 0.25) is 0 Å². The van der Waals surface area contributed by atoms with E-state index in [1.165, 1.54) is 24.0 Å². The van der Waals surface area contributed by atoms with Gasteiger partial charge in [-0.3, -0.25) is 0 Å². The lowest BCUT2D eigenvalue weighted by molar-refractivity contribution is 0.130. The Bertz CT molecular complexity index is 423. The predicted octanol–water partition coefficient (Wildman–Crippen LogP) is 3.24. The average molecular weight is 246 g/mol. The lowest BCUT2D eigenvalue weighted by atomic mass is 10.0. The number of hydrogen-bond donors (Lipinski definition) is 1. The summed E-state index contributed by atoms with van der Waals surface area (Å²) in [6, 6.07) is 6.43. The van der Waals surface area contributed by atoms with E-state index in [4.69, 9.17) is 4.74 Å². The number of rotatable bonds is 5. The van der Waals surface area contributed by atoms with Gasteiger partial charge in [-0.25, -0.2) is 0 Å². The lowest BCUT2D eigenvalue weighted by Gasteiger charge is -2.12. The first-order chi connectivity index (χ1) is 8.72. The topological polar surface area (TPSA) is 29.5 Å². The minimum atomic E-state index is -0.0592. The van der Waals surface area contributed by atoms with Crippen LogP contribution >= 0.6 is 0 Å². The molecule has 2 unspecified atom stereocenters. The van der Waals surface area contributed by atoms with Crippen LogP contribution in [-0.2, 0) is 6.42 Å². The summed E-state index contributed by atoms with van der Waals surface area (Å²) < 4.78 is 5.94. The van der Waals surface area contributed by atoms with E-state index in [0.717, 1.165) is 31.4 Å². The van der Waals surface area contributed by atoms with Gasteiger partial charge in [0.25, 0.3) is 0 Å². The summed E-state index contributed by atoms with van der Waals surface area (Å²) in [6.07, 6.45) is 6.85. The third kappa shape index (κ3) is 2.69. The van der Waals surface area contributed by atoms with Crippen LogP contribution in [0.2, 0.25) is 0 Å². The lowest BCUT2D eigenvalue weighted by Crippen LogP contribution is -2.15. The smallest absolute Gasteiger partial charge is 0.123 e. The summed E-state index contributed by atoms with van der Waals surface area (Å²) in [4.78, 5) is 0. The largest absolute Gasteiger partial charge is 0.490 e. The molecule has 1 N–H and O–H groups in total. The molecule has 2 aliphatic rings. The molecule has 2 heteroatoms. The van der Waals surface area contributed by atoms with Gasteiger partial charge in [0, 0.05) is 6.42 Å². The van der Waals surface area contributed by atoms with E-state index in [2.05, 4.69) is 25.1 Å². The maximum Gasteiger partial charge on any atom is 0.123 e. The molecule has 1 aromatic carbocycles. The van der Waals surface area contributed by atoms with Crippen LogP contribution in [-0.4, -0.2) is 17.3 Å². The maximum absolute atomic E-state index is 9.83. The number of aliphatic hydroxyl groups excluding tert-OH is 1. The molecule has 98 valence electrons. The van der Waals surface area contributed by atoms with Crippen LogP contribution < -0.4 is 4.74 Å². The number of aryl methyl sites for hydroxylation is 1. The fraction of sp³-hybridized carbons (Fsp3) is 0.625. The van der Waals surface area contributed by atoms with Crippen molar-refractivity contribution in [1.29, 1.82) is 0 Å². The summed E-state index contributed by atoms with van der Waals surface area (Å²) >= 11 is 0. The number of ether oxygens (including phenoxy) is 1. The van der Waals surface area contributed by atoms with Crippen LogP contribution in [0, 0.1) is 12.8 Å². The van der Waals surface area contributed by atoms with E-state index in [-0.39, 0.29) is 6.10 Å². The normalized spacial score (nSPS) is 23.6. The summed E-state index contributed by atoms with van der Waals surface area (Å²) in [7, 11) is 0. The van der Waals surface area contributed by atoms with Crippen LogP contribution in [0.1, 0.15) is 43.2 Å². The molecule has 18 heavy (non-hydrogen) atoms. The Hall–Kier alpha value is -1.02. The Labute approximate surface area is 109 Å². The average Bonchev–Trinajstić information content (AvgIpc) is 3.11. The highest BCUT2D eigenvalue weighted by Gasteiger charge is 2.29. The van der Waals surface area contributed by atoms with Crippen molar-refractivity contribution in [2.75, 3.05) is 0 Å². The Morgan fingerprint density at radius 2 is 2.22 bits per heavy atom. The number of fused-ring (bicyclic) bond motifs is 1. The molecule has 0 bridgehead atoms. The quantitative estimate of drug-likeness (QED) is 0.864. The molecule has 0 spiro atoms. The summed E-state index contributed by atoms with van der Waals surface area (Å²) in [5.74, 6) is 1.67. The molecule has 0 saturated heterocycles. The molecule has 0 aromatic heterocycles. The van der Waals surface area contributed by atoms with Crippen LogP contribution in [0.4, 0.5) is 0 Å². The maximum atomic E-state index is 9.83. The number of benzene rings is 1. The summed E-state index contributed by atoms with van der Waals surface area (Å²) in [5.41, 5.74) is 2.66. The minimum absolute atomic E-state index is 0.0592. The summed E-state index contributed by atoms with van der Waals surface area (Å²) in [6.45, 7) is 2.12. The second kappa shape index (κ2) is 4.93. The van der Waals surface area contributed by atoms with Crippen LogP contribution in [0.5, 0.6) is 5.75 Å². The standard InChI is InChI=1S/C16H22O2/c1-11-5-8-16-13(9-11)10-14(18-16)3-2-4-15(17)12-6-7-12/h5,8-9,12,14-15,17H,2-4,6-7,10H2,1H3. The fourth-order valence-corrected chi connectivity index (χ4v) is 2.88. The van der Waals surface area contributed by atoms with Crippen LogP contribution in [0.3, 0.4) is 0 Å². The van der Waals surface area contributed by atoms with Gasteiger partial charge < -0.3 is 9.84 Å². The third-order valence-corrected chi connectivity index (χ3v) is 4.15. The second-order valence-corrected chi connectivity index (χ2v) is 5.89. The zero-order valence-electron chi connectivity index (χ0n) is 11.1. The molecule has 1 aliphatic heterocycles. The van der Waals surface area contributed by atoms with Gasteiger partial charge in [-0.05, 0) is 56.6 Å². The Kier molecular flexibility index (Phi) is 3.29. The first-order valence-corrected chi connectivity index (χ1v) is 7.16. The second-order valence-electron chi connectivity index (χ2n) is 5.89. The number of aliphatic hydroxyl groups is 1. The minimum Gasteiger partial charge on any atom is -0.490 e. The SMILES string of the molecule is Cc1ccc2c(c1)CC(CCCC(O)C1CC1)O2. The molecule has 1 saturated carbocycles. The van der Waals surface area contributed by atoms with Crippen LogP contribution in [0.25, 0.3) is 0 Å². The van der Waals surface area contributed by atoms with Gasteiger partial charge in [0.15, 0.2) is 0 Å². The molecule has 2 atom stereocenters. The molecular weight excluding hydrogens is 224 g/mol. The molecule has 1 aromatic rings. The van der Waals surface area contributed by atoms with Crippen LogP contribution in [0.15, 0.2) is 18.2 Å². The van der Waals surface area contributed by atoms with E-state index < -0.39 is 0 Å². The van der Waals surface area contributed by atoms with Crippen molar-refractivity contribution in [3.05, 3.63) is 29.3 Å². The van der Waals surface area contributed by atoms with Crippen molar-refractivity contribution in [2.24, 2.45) is 5.92 Å². The Morgan fingerprint density at radius 1 is 1.39 bits per heavy atom. The molecule has 1 fully saturated rings. The van der Waals surface area contributed by atoms with E-state index in [1.54, 1.807) is 0 Å². The first-order valence-electron chi connectivity index (χ1n) is 7.16. The fourth-order valence-electron chi connectivity index (χ4n) is 2.88. The van der Waals surface area contributed by atoms with E-state index in [0.29, 0.717) is 12.0 Å². The van der Waals surface area contributed by atoms with Gasteiger partial charge in [0.1, 0.15) is 11.9 Å². The van der Waals surface area contributed by atoms with Gasteiger partial charge in [-0.1, -0.05) is 17.7 Å². The monoisotopic (exact) mass is 246 g/mol. The highest BCUT2D eigenvalue weighted by atomic mass is 16.5. The number of hydrogen-bond acceptors (Lipinski definition) is 2. The molecule has 0 amide bonds. The zero-order valence-corrected chi connectivity index (χ0v) is 11.1. The van der Waals surface area contributed by atoms with Crippen molar-refractivity contribution >= 4 is 0 Å². The highest BCUT2D eigenvalue weighted by Crippen LogP contribution is 2.35. The van der Waals surface area contributed by atoms with Crippen molar-refractivity contribution in [3.8, 4) is 5.75 Å². The van der Waals surface area contributed by atoms with E-state index in [9.17, 15) is 5.11 Å². The zero-order chi connectivity index (χ0) is 12.5. The van der Waals surface area contributed by atoms with E-state index >= 15 is 0 Å². The molecule has 1 heterocycles. The molecular formula is C16H22O2. The van der Waals surface area contributed by atoms with Crippen molar-refractivity contribution in [2.45, 2.75) is 57.7 Å². The highest BCUT2D eigenvalue weighted by molar-refractivity contribution is 5.40.